The van der Waals surface area contributed by atoms with E-state index in [1.165, 1.54) is 17.6 Å². The fourth-order valence-electron chi connectivity index (χ4n) is 2.43. The Morgan fingerprint density at radius 1 is 1.32 bits per heavy atom. The summed E-state index contributed by atoms with van der Waals surface area (Å²) in [5.41, 5.74) is 8.00. The van der Waals surface area contributed by atoms with Gasteiger partial charge < -0.3 is 15.6 Å². The predicted molar refractivity (Wildman–Crippen MR) is 97.1 cm³/mol. The van der Waals surface area contributed by atoms with Gasteiger partial charge in [-0.25, -0.2) is 4.98 Å². The molecule has 1 aromatic carbocycles. The maximum Gasteiger partial charge on any atom is 0.257 e. The van der Waals surface area contributed by atoms with Crippen molar-refractivity contribution >= 4 is 17.2 Å². The van der Waals surface area contributed by atoms with Gasteiger partial charge in [0.25, 0.3) is 5.91 Å². The van der Waals surface area contributed by atoms with Crippen LogP contribution in [0.5, 0.6) is 0 Å². The van der Waals surface area contributed by atoms with E-state index in [1.807, 2.05) is 42.6 Å². The first-order chi connectivity index (χ1) is 11.9. The van der Waals surface area contributed by atoms with Gasteiger partial charge in [-0.05, 0) is 20.8 Å². The molecule has 1 amide bonds. The van der Waals surface area contributed by atoms with Gasteiger partial charge in [0.1, 0.15) is 22.5 Å². The molecule has 0 radical (unpaired) electrons. The number of nitrogens with two attached hydrogens (primary N) is 1. The number of amides is 1. The van der Waals surface area contributed by atoms with Gasteiger partial charge in [0.15, 0.2) is 0 Å². The van der Waals surface area contributed by atoms with Crippen LogP contribution in [0.15, 0.2) is 46.5 Å². The molecule has 0 spiro atoms. The number of rotatable bonds is 5. The normalized spacial score (nSPS) is 12.8. The van der Waals surface area contributed by atoms with E-state index in [-0.39, 0.29) is 11.9 Å². The monoisotopic (exact) mass is 356 g/mol. The highest BCUT2D eigenvalue weighted by molar-refractivity contribution is 7.10. The molecule has 0 saturated carbocycles. The highest BCUT2D eigenvalue weighted by Gasteiger charge is 2.27. The topological polar surface area (TPSA) is 94.0 Å². The molecule has 7 heteroatoms. The minimum Gasteiger partial charge on any atom is -0.364 e. The van der Waals surface area contributed by atoms with E-state index in [9.17, 15) is 4.79 Å². The molecule has 2 heterocycles. The Morgan fingerprint density at radius 3 is 2.72 bits per heavy atom. The molecule has 130 valence electrons. The lowest BCUT2D eigenvalue weighted by Gasteiger charge is -2.17. The molecule has 6 nitrogen and oxygen atoms in total. The van der Waals surface area contributed by atoms with Crippen LogP contribution in [0.2, 0.25) is 0 Å². The van der Waals surface area contributed by atoms with Crippen molar-refractivity contribution in [1.82, 2.24) is 15.5 Å². The number of nitrogens with one attached hydrogen (secondary N) is 1. The first kappa shape index (κ1) is 17.3. The third-order valence-electron chi connectivity index (χ3n) is 3.73. The summed E-state index contributed by atoms with van der Waals surface area (Å²) < 4.78 is 4.94. The summed E-state index contributed by atoms with van der Waals surface area (Å²) in [6, 6.07) is 9.70. The molecule has 0 bridgehead atoms. The second-order valence-corrected chi connectivity index (χ2v) is 7.32. The molecule has 0 aliphatic carbocycles. The number of benzene rings is 1. The van der Waals surface area contributed by atoms with Gasteiger partial charge >= 0.3 is 0 Å². The quantitative estimate of drug-likeness (QED) is 0.730. The van der Waals surface area contributed by atoms with Crippen LogP contribution < -0.4 is 11.1 Å². The summed E-state index contributed by atoms with van der Waals surface area (Å²) in [4.78, 5) is 17.2. The van der Waals surface area contributed by atoms with Crippen molar-refractivity contribution in [2.24, 2.45) is 5.73 Å². The van der Waals surface area contributed by atoms with E-state index in [4.69, 9.17) is 10.3 Å². The van der Waals surface area contributed by atoms with E-state index in [1.54, 1.807) is 13.8 Å². The van der Waals surface area contributed by atoms with Crippen molar-refractivity contribution in [3.05, 3.63) is 58.2 Å². The zero-order valence-electron chi connectivity index (χ0n) is 14.3. The summed E-state index contributed by atoms with van der Waals surface area (Å²) in [6.45, 7) is 5.45. The molecular weight excluding hydrogens is 336 g/mol. The maximum atomic E-state index is 12.5. The molecular formula is C18H20N4O2S. The molecule has 3 aromatic rings. The number of nitrogens with zero attached hydrogens (tertiary/aromatic N) is 2. The zero-order chi connectivity index (χ0) is 18.0. The molecule has 0 saturated heterocycles. The number of carbonyl (C=O) groups excluding carboxylic acids is 1. The first-order valence-electron chi connectivity index (χ1n) is 7.91. The van der Waals surface area contributed by atoms with Crippen molar-refractivity contribution in [2.45, 2.75) is 32.4 Å². The highest BCUT2D eigenvalue weighted by Crippen LogP contribution is 2.26. The number of aromatic nitrogens is 2. The Kier molecular flexibility index (Phi) is 4.69. The largest absolute Gasteiger partial charge is 0.364 e. The fraction of sp³-hybridized carbons (Fsp3) is 0.278. The molecule has 1 unspecified atom stereocenters. The van der Waals surface area contributed by atoms with Crippen LogP contribution in [0.1, 0.15) is 47.9 Å². The Balaban J connectivity index is 1.75. The standard InChI is InChI=1S/C18H20N4O2S/c1-11(17-21-14(10-25-17)12-7-5-4-6-8-12)20-16(23)13-9-24-22-15(13)18(2,3)19/h4-11H,19H2,1-3H3,(H,20,23). The summed E-state index contributed by atoms with van der Waals surface area (Å²) in [5.74, 6) is -0.279. The number of carbonyl (C=O) groups is 1. The van der Waals surface area contributed by atoms with Crippen molar-refractivity contribution in [1.29, 1.82) is 0 Å². The summed E-state index contributed by atoms with van der Waals surface area (Å²) in [6.07, 6.45) is 1.32. The predicted octanol–water partition coefficient (Wildman–Crippen LogP) is 3.48. The number of hydrogen-bond donors (Lipinski definition) is 2. The van der Waals surface area contributed by atoms with E-state index in [2.05, 4.69) is 15.5 Å². The lowest BCUT2D eigenvalue weighted by Crippen LogP contribution is -2.34. The van der Waals surface area contributed by atoms with Crippen LogP contribution in [0.3, 0.4) is 0 Å². The minimum absolute atomic E-state index is 0.237. The Hall–Kier alpha value is -2.51. The van der Waals surface area contributed by atoms with E-state index in [0.717, 1.165) is 16.3 Å². The van der Waals surface area contributed by atoms with Gasteiger partial charge in [-0.1, -0.05) is 35.5 Å². The molecule has 3 rings (SSSR count). The lowest BCUT2D eigenvalue weighted by atomic mass is 9.98. The molecule has 0 aliphatic heterocycles. The average Bonchev–Trinajstić information content (AvgIpc) is 3.25. The Labute approximate surface area is 150 Å². The number of hydrogen-bond acceptors (Lipinski definition) is 6. The van der Waals surface area contributed by atoms with Gasteiger partial charge in [-0.3, -0.25) is 4.79 Å². The van der Waals surface area contributed by atoms with Gasteiger partial charge in [0, 0.05) is 10.9 Å². The average molecular weight is 356 g/mol. The third-order valence-corrected chi connectivity index (χ3v) is 4.76. The van der Waals surface area contributed by atoms with Gasteiger partial charge in [-0.15, -0.1) is 11.3 Å². The van der Waals surface area contributed by atoms with Crippen molar-refractivity contribution in [3.63, 3.8) is 0 Å². The molecule has 3 N–H and O–H groups in total. The van der Waals surface area contributed by atoms with Crippen LogP contribution in [0, 0.1) is 0 Å². The Morgan fingerprint density at radius 2 is 2.04 bits per heavy atom. The van der Waals surface area contributed by atoms with Crippen molar-refractivity contribution in [3.8, 4) is 11.3 Å². The summed E-state index contributed by atoms with van der Waals surface area (Å²) in [7, 11) is 0. The van der Waals surface area contributed by atoms with E-state index in [0.29, 0.717) is 11.3 Å². The van der Waals surface area contributed by atoms with Crippen LogP contribution in [-0.4, -0.2) is 16.0 Å². The molecule has 0 fully saturated rings. The van der Waals surface area contributed by atoms with Crippen LogP contribution >= 0.6 is 11.3 Å². The third kappa shape index (κ3) is 3.78. The van der Waals surface area contributed by atoms with Gasteiger partial charge in [0.05, 0.1) is 17.3 Å². The summed E-state index contributed by atoms with van der Waals surface area (Å²) in [5, 5.41) is 9.61. The molecule has 0 aliphatic rings. The second kappa shape index (κ2) is 6.78. The van der Waals surface area contributed by atoms with E-state index < -0.39 is 5.54 Å². The lowest BCUT2D eigenvalue weighted by molar-refractivity contribution is 0.0937. The molecule has 25 heavy (non-hydrogen) atoms. The van der Waals surface area contributed by atoms with Gasteiger partial charge in [0.2, 0.25) is 0 Å². The highest BCUT2D eigenvalue weighted by atomic mass is 32.1. The fourth-order valence-corrected chi connectivity index (χ4v) is 3.26. The zero-order valence-corrected chi connectivity index (χ0v) is 15.1. The smallest absolute Gasteiger partial charge is 0.257 e. The van der Waals surface area contributed by atoms with Crippen LogP contribution in [-0.2, 0) is 5.54 Å². The molecule has 2 aromatic heterocycles. The second-order valence-electron chi connectivity index (χ2n) is 6.43. The SMILES string of the molecule is CC(NC(=O)c1conc1C(C)(C)N)c1nc(-c2ccccc2)cs1. The van der Waals surface area contributed by atoms with Crippen LogP contribution in [0.4, 0.5) is 0 Å². The Bertz CT molecular complexity index is 865. The minimum atomic E-state index is -0.759. The van der Waals surface area contributed by atoms with Gasteiger partial charge in [-0.2, -0.15) is 0 Å². The molecule has 1 atom stereocenters. The first-order valence-corrected chi connectivity index (χ1v) is 8.79. The number of thiazole rings is 1. The van der Waals surface area contributed by atoms with Crippen molar-refractivity contribution in [2.75, 3.05) is 0 Å². The van der Waals surface area contributed by atoms with Crippen LogP contribution in [0.25, 0.3) is 11.3 Å². The summed E-state index contributed by atoms with van der Waals surface area (Å²) >= 11 is 1.51. The maximum absolute atomic E-state index is 12.5. The van der Waals surface area contributed by atoms with Crippen molar-refractivity contribution < 1.29 is 9.32 Å². The van der Waals surface area contributed by atoms with E-state index >= 15 is 0 Å².